The molecule has 0 spiro atoms. The molecular formula is C37H58N8O8. The van der Waals surface area contributed by atoms with Gasteiger partial charge in [0.15, 0.2) is 0 Å². The van der Waals surface area contributed by atoms with Gasteiger partial charge in [-0.25, -0.2) is 4.79 Å². The lowest BCUT2D eigenvalue weighted by molar-refractivity contribution is -0.143. The van der Waals surface area contributed by atoms with Crippen LogP contribution >= 0.6 is 0 Å². The maximum Gasteiger partial charge on any atom is 0.326 e. The first-order valence-corrected chi connectivity index (χ1v) is 18.7. The second-order valence-electron chi connectivity index (χ2n) is 14.0. The molecule has 0 radical (unpaired) electrons. The predicted molar refractivity (Wildman–Crippen MR) is 198 cm³/mol. The molecule has 0 saturated heterocycles. The predicted octanol–water partition coefficient (Wildman–Crippen LogP) is -0.0411. The molecule has 1 aromatic rings. The highest BCUT2D eigenvalue weighted by Crippen LogP contribution is 2.28. The highest BCUT2D eigenvalue weighted by atomic mass is 16.4. The average molecular weight is 743 g/mol. The zero-order valence-electron chi connectivity index (χ0n) is 30.4. The molecule has 0 unspecified atom stereocenters. The number of carbonyl (C=O) groups is 6. The molecule has 2 aliphatic rings. The first kappa shape index (κ1) is 42.9. The van der Waals surface area contributed by atoms with Gasteiger partial charge in [0.1, 0.15) is 36.0 Å². The van der Waals surface area contributed by atoms with Crippen molar-refractivity contribution in [3.63, 3.8) is 0 Å². The molecule has 3 rings (SSSR count). The highest BCUT2D eigenvalue weighted by Gasteiger charge is 2.33. The molecule has 1 heterocycles. The van der Waals surface area contributed by atoms with Crippen molar-refractivity contribution in [3.05, 3.63) is 42.0 Å². The molecule has 1 aromatic carbocycles. The third-order valence-electron chi connectivity index (χ3n) is 9.73. The number of aromatic hydroxyl groups is 1. The number of phenols is 1. The van der Waals surface area contributed by atoms with E-state index in [1.54, 1.807) is 24.3 Å². The summed E-state index contributed by atoms with van der Waals surface area (Å²) in [4.78, 5) is 80.2. The number of hydrogen-bond acceptors (Lipinski definition) is 10. The van der Waals surface area contributed by atoms with Crippen molar-refractivity contribution < 1.29 is 39.0 Å². The zero-order valence-corrected chi connectivity index (χ0v) is 30.4. The van der Waals surface area contributed by atoms with Crippen molar-refractivity contribution in [2.75, 3.05) is 13.1 Å². The van der Waals surface area contributed by atoms with Gasteiger partial charge in [-0.1, -0.05) is 50.0 Å². The number of carboxylic acid groups (broad SMARTS) is 1. The summed E-state index contributed by atoms with van der Waals surface area (Å²) in [6, 6.07) is -0.672. The van der Waals surface area contributed by atoms with Crippen LogP contribution in [0.1, 0.15) is 89.0 Å². The van der Waals surface area contributed by atoms with E-state index in [4.69, 9.17) is 17.2 Å². The van der Waals surface area contributed by atoms with Gasteiger partial charge in [-0.3, -0.25) is 24.0 Å². The van der Waals surface area contributed by atoms with Gasteiger partial charge in [0.05, 0.1) is 6.04 Å². The number of amides is 5. The molecule has 1 aliphatic carbocycles. The van der Waals surface area contributed by atoms with Crippen molar-refractivity contribution in [2.24, 2.45) is 23.1 Å². The number of benzene rings is 1. The van der Waals surface area contributed by atoms with Crippen LogP contribution in [0, 0.1) is 5.92 Å². The lowest BCUT2D eigenvalue weighted by Gasteiger charge is -2.27. The van der Waals surface area contributed by atoms with Crippen LogP contribution in [-0.2, 0) is 35.2 Å². The van der Waals surface area contributed by atoms with Crippen LogP contribution in [0.15, 0.2) is 36.4 Å². The molecule has 1 fully saturated rings. The summed E-state index contributed by atoms with van der Waals surface area (Å²) in [7, 11) is 0. The van der Waals surface area contributed by atoms with Gasteiger partial charge in [-0.2, -0.15) is 0 Å². The second kappa shape index (κ2) is 22.5. The average Bonchev–Trinajstić information content (AvgIpc) is 3.65. The summed E-state index contributed by atoms with van der Waals surface area (Å²) in [6.45, 7) is 0.764. The molecule has 0 bridgehead atoms. The van der Waals surface area contributed by atoms with E-state index >= 15 is 0 Å². The van der Waals surface area contributed by atoms with E-state index in [9.17, 15) is 39.0 Å². The molecule has 16 heteroatoms. The molecule has 53 heavy (non-hydrogen) atoms. The fourth-order valence-electron chi connectivity index (χ4n) is 6.58. The summed E-state index contributed by atoms with van der Waals surface area (Å²) in [5.41, 5.74) is 18.0. The second-order valence-corrected chi connectivity index (χ2v) is 14.0. The Morgan fingerprint density at radius 3 is 1.92 bits per heavy atom. The monoisotopic (exact) mass is 742 g/mol. The van der Waals surface area contributed by atoms with Gasteiger partial charge in [-0.05, 0) is 94.5 Å². The van der Waals surface area contributed by atoms with Crippen LogP contribution in [0.2, 0.25) is 0 Å². The number of unbranched alkanes of at least 4 members (excludes halogenated alkanes) is 2. The molecular weight excluding hydrogens is 684 g/mol. The topological polar surface area (TPSA) is 281 Å². The van der Waals surface area contributed by atoms with E-state index in [0.717, 1.165) is 25.7 Å². The van der Waals surface area contributed by atoms with Gasteiger partial charge < -0.3 is 54.0 Å². The number of carboxylic acids is 1. The maximum absolute atomic E-state index is 14.0. The summed E-state index contributed by atoms with van der Waals surface area (Å²) >= 11 is 0. The normalized spacial score (nSPS) is 22.8. The Hall–Kier alpha value is -4.54. The molecule has 16 nitrogen and oxygen atoms in total. The quantitative estimate of drug-likeness (QED) is 0.0747. The fraction of sp³-hybridized carbons (Fsp3) is 0.622. The Morgan fingerprint density at radius 2 is 1.34 bits per heavy atom. The first-order chi connectivity index (χ1) is 25.4. The highest BCUT2D eigenvalue weighted by molar-refractivity contribution is 5.96. The van der Waals surface area contributed by atoms with Crippen LogP contribution in [0.25, 0.3) is 0 Å². The van der Waals surface area contributed by atoms with Crippen molar-refractivity contribution in [1.29, 1.82) is 0 Å². The van der Waals surface area contributed by atoms with Crippen LogP contribution in [0.4, 0.5) is 0 Å². The summed E-state index contributed by atoms with van der Waals surface area (Å²) in [6.07, 6.45) is 9.89. The number of nitrogens with two attached hydrogens (primary N) is 3. The molecule has 6 atom stereocenters. The molecule has 5 amide bonds. The van der Waals surface area contributed by atoms with Crippen molar-refractivity contribution in [3.8, 4) is 5.75 Å². The van der Waals surface area contributed by atoms with E-state index in [-0.39, 0.29) is 50.2 Å². The van der Waals surface area contributed by atoms with Crippen molar-refractivity contribution in [1.82, 2.24) is 26.6 Å². The molecule has 294 valence electrons. The van der Waals surface area contributed by atoms with E-state index in [0.29, 0.717) is 44.3 Å². The largest absolute Gasteiger partial charge is 0.508 e. The number of nitrogens with one attached hydrogen (secondary N) is 5. The van der Waals surface area contributed by atoms with Gasteiger partial charge >= 0.3 is 5.97 Å². The van der Waals surface area contributed by atoms with E-state index in [1.165, 1.54) is 12.1 Å². The number of rotatable bonds is 17. The van der Waals surface area contributed by atoms with E-state index in [2.05, 4.69) is 26.6 Å². The standard InChI is InChI=1S/C37H58N8O8/c38-19-7-5-13-27-33(48)43-29(14-6-8-20-39)34(49)42-28(12-4-3-11-26(40)32(47)41-27)35(50)44-30(21-24-15-17-25(46)18-16-24)36(51)45-31(37(52)53)22-23-9-1-2-10-23/h3-4,15-18,23,26-31,46H,1-2,5-14,19-22,38-40H2,(H,41,47)(H,42,49)(H,43,48)(H,44,50)(H,45,51)(H,52,53)/t26-,27-,28-,29-,30-,31-/m0/s1. The first-order valence-electron chi connectivity index (χ1n) is 18.7. The summed E-state index contributed by atoms with van der Waals surface area (Å²) < 4.78 is 0. The van der Waals surface area contributed by atoms with Crippen LogP contribution in [0.5, 0.6) is 5.75 Å². The minimum Gasteiger partial charge on any atom is -0.508 e. The SMILES string of the molecule is NCCCC[C@@H]1NC(=O)[C@H](CCCCN)NC(=O)[C@@H](N)CC=CC[C@@H](C(=O)N[C@@H](Cc2ccc(O)cc2)C(=O)N[C@@H](CC2CCCC2)C(=O)O)NC1=O. The lowest BCUT2D eigenvalue weighted by Crippen LogP contribution is -2.59. The van der Waals surface area contributed by atoms with Gasteiger partial charge in [0, 0.05) is 6.42 Å². The molecule has 13 N–H and O–H groups in total. The Balaban J connectivity index is 1.89. The van der Waals surface area contributed by atoms with Crippen molar-refractivity contribution >= 4 is 35.5 Å². The summed E-state index contributed by atoms with van der Waals surface area (Å²) in [5, 5.41) is 33.2. The maximum atomic E-state index is 14.0. The lowest BCUT2D eigenvalue weighted by atomic mass is 9.97. The Labute approximate surface area is 310 Å². The number of hydrogen-bond donors (Lipinski definition) is 10. The van der Waals surface area contributed by atoms with Crippen LogP contribution < -0.4 is 43.8 Å². The van der Waals surface area contributed by atoms with E-state index in [1.807, 2.05) is 0 Å². The van der Waals surface area contributed by atoms with E-state index < -0.39 is 71.8 Å². The van der Waals surface area contributed by atoms with Gasteiger partial charge in [-0.15, -0.1) is 0 Å². The number of phenolic OH excluding ortho intramolecular Hbond substituents is 1. The minimum absolute atomic E-state index is 0.00250. The van der Waals surface area contributed by atoms with Crippen molar-refractivity contribution in [2.45, 2.75) is 126 Å². The van der Waals surface area contributed by atoms with Crippen LogP contribution in [0.3, 0.4) is 0 Å². The van der Waals surface area contributed by atoms with Gasteiger partial charge in [0.25, 0.3) is 0 Å². The molecule has 1 saturated carbocycles. The molecule has 1 aliphatic heterocycles. The van der Waals surface area contributed by atoms with Crippen LogP contribution in [-0.4, -0.2) is 95.1 Å². The Bertz CT molecular complexity index is 1400. The minimum atomic E-state index is -1.25. The number of carbonyl (C=O) groups excluding carboxylic acids is 5. The zero-order chi connectivity index (χ0) is 38.8. The third kappa shape index (κ3) is 14.8. The smallest absolute Gasteiger partial charge is 0.326 e. The Morgan fingerprint density at radius 1 is 0.774 bits per heavy atom. The number of aliphatic carboxylic acids is 1. The summed E-state index contributed by atoms with van der Waals surface area (Å²) in [5.74, 6) is -4.25. The third-order valence-corrected chi connectivity index (χ3v) is 9.73. The molecule has 0 aromatic heterocycles. The fourth-order valence-corrected chi connectivity index (χ4v) is 6.58. The van der Waals surface area contributed by atoms with Gasteiger partial charge in [0.2, 0.25) is 29.5 Å². The Kier molecular flexibility index (Phi) is 18.2.